The van der Waals surface area contributed by atoms with Crippen LogP contribution in [-0.2, 0) is 0 Å². The molecule has 0 heterocycles. The molecule has 1 aliphatic carbocycles. The molecule has 0 aliphatic heterocycles. The van der Waals surface area contributed by atoms with Crippen LogP contribution in [0.4, 0.5) is 0 Å². The molecule has 1 rings (SSSR count). The van der Waals surface area contributed by atoms with Gasteiger partial charge in [0.05, 0.1) is 0 Å². The lowest BCUT2D eigenvalue weighted by Gasteiger charge is -1.89. The van der Waals surface area contributed by atoms with E-state index in [0.29, 0.717) is 0 Å². The standard InChI is InChI=1S/C12H15/c1-2-4-6-8-10-12-11-9-7-5-3-1/h1-4,10-12H,5-7,9H2. The van der Waals surface area contributed by atoms with Crippen LogP contribution in [0.25, 0.3) is 0 Å². The highest BCUT2D eigenvalue weighted by molar-refractivity contribution is 5.06. The predicted molar refractivity (Wildman–Crippen MR) is 53.7 cm³/mol. The van der Waals surface area contributed by atoms with Crippen molar-refractivity contribution in [1.82, 2.24) is 0 Å². The van der Waals surface area contributed by atoms with Crippen LogP contribution in [0.2, 0.25) is 0 Å². The van der Waals surface area contributed by atoms with Crippen molar-refractivity contribution < 1.29 is 0 Å². The summed E-state index contributed by atoms with van der Waals surface area (Å²) in [7, 11) is 0. The Hall–Kier alpha value is -1.04. The van der Waals surface area contributed by atoms with Crippen molar-refractivity contribution in [2.45, 2.75) is 25.7 Å². The third-order valence-electron chi connectivity index (χ3n) is 1.71. The summed E-state index contributed by atoms with van der Waals surface area (Å²) in [6.07, 6.45) is 22.5. The van der Waals surface area contributed by atoms with Gasteiger partial charge in [-0.3, -0.25) is 0 Å². The summed E-state index contributed by atoms with van der Waals surface area (Å²) in [5.41, 5.74) is 0. The summed E-state index contributed by atoms with van der Waals surface area (Å²) in [6.45, 7) is 0. The first-order valence-corrected chi connectivity index (χ1v) is 4.53. The monoisotopic (exact) mass is 159 g/mol. The van der Waals surface area contributed by atoms with Gasteiger partial charge < -0.3 is 0 Å². The first-order valence-electron chi connectivity index (χ1n) is 4.53. The molecule has 0 aromatic carbocycles. The van der Waals surface area contributed by atoms with E-state index < -0.39 is 0 Å². The summed E-state index contributed by atoms with van der Waals surface area (Å²) in [5, 5.41) is 0. The van der Waals surface area contributed by atoms with Crippen molar-refractivity contribution in [3.05, 3.63) is 48.6 Å². The molecule has 0 atom stereocenters. The van der Waals surface area contributed by atoms with Crippen LogP contribution in [0.1, 0.15) is 25.7 Å². The van der Waals surface area contributed by atoms with Gasteiger partial charge in [-0.25, -0.2) is 0 Å². The minimum absolute atomic E-state index is 0.911. The van der Waals surface area contributed by atoms with Crippen molar-refractivity contribution in [2.75, 3.05) is 0 Å². The van der Waals surface area contributed by atoms with E-state index in [9.17, 15) is 0 Å². The minimum Gasteiger partial charge on any atom is -0.0845 e. The fourth-order valence-corrected chi connectivity index (χ4v) is 1.04. The van der Waals surface area contributed by atoms with Crippen molar-refractivity contribution in [1.29, 1.82) is 0 Å². The van der Waals surface area contributed by atoms with Gasteiger partial charge in [-0.1, -0.05) is 42.5 Å². The highest BCUT2D eigenvalue weighted by Crippen LogP contribution is 1.99. The molecule has 0 saturated heterocycles. The van der Waals surface area contributed by atoms with Gasteiger partial charge in [0, 0.05) is 0 Å². The zero-order valence-electron chi connectivity index (χ0n) is 7.37. The molecule has 0 fully saturated rings. The molecule has 0 nitrogen and oxygen atoms in total. The van der Waals surface area contributed by atoms with Crippen LogP contribution in [0.15, 0.2) is 42.5 Å². The Morgan fingerprint density at radius 1 is 0.833 bits per heavy atom. The summed E-state index contributed by atoms with van der Waals surface area (Å²) in [5.74, 6) is 0. The smallest absolute Gasteiger partial charge is 0.00915 e. The van der Waals surface area contributed by atoms with E-state index in [1.807, 2.05) is 6.08 Å². The molecule has 0 aromatic heterocycles. The van der Waals surface area contributed by atoms with Gasteiger partial charge in [-0.15, -0.1) is 0 Å². The molecule has 63 valence electrons. The molecule has 12 heavy (non-hydrogen) atoms. The van der Waals surface area contributed by atoms with Crippen molar-refractivity contribution >= 4 is 0 Å². The Morgan fingerprint density at radius 3 is 2.50 bits per heavy atom. The Labute approximate surface area is 75.0 Å². The maximum atomic E-state index is 3.17. The fourth-order valence-electron chi connectivity index (χ4n) is 1.04. The first-order chi connectivity index (χ1) is 6.00. The van der Waals surface area contributed by atoms with Gasteiger partial charge in [-0.05, 0) is 31.8 Å². The Bertz CT molecular complexity index is 182. The van der Waals surface area contributed by atoms with E-state index in [-0.39, 0.29) is 0 Å². The highest BCUT2D eigenvalue weighted by Gasteiger charge is 1.79. The second-order valence-electron chi connectivity index (χ2n) is 2.79. The zero-order chi connectivity index (χ0) is 8.49. The minimum atomic E-state index is 0.911. The molecule has 0 aromatic rings. The molecule has 1 radical (unpaired) electrons. The van der Waals surface area contributed by atoms with Crippen LogP contribution in [-0.4, -0.2) is 0 Å². The average Bonchev–Trinajstić information content (AvgIpc) is 2.05. The van der Waals surface area contributed by atoms with Crippen LogP contribution in [0.5, 0.6) is 0 Å². The highest BCUT2D eigenvalue weighted by atomic mass is 13.9. The molecular formula is C12H15. The summed E-state index contributed by atoms with van der Waals surface area (Å²) in [6, 6.07) is 0. The van der Waals surface area contributed by atoms with E-state index >= 15 is 0 Å². The van der Waals surface area contributed by atoms with Gasteiger partial charge >= 0.3 is 0 Å². The van der Waals surface area contributed by atoms with Crippen molar-refractivity contribution in [3.8, 4) is 0 Å². The second kappa shape index (κ2) is 6.66. The van der Waals surface area contributed by atoms with E-state index in [1.165, 1.54) is 19.3 Å². The number of hydrogen-bond donors (Lipinski definition) is 0. The normalized spacial score (nSPS) is 18.7. The van der Waals surface area contributed by atoms with Gasteiger partial charge in [-0.2, -0.15) is 0 Å². The van der Waals surface area contributed by atoms with E-state index in [0.717, 1.165) is 6.42 Å². The van der Waals surface area contributed by atoms with Crippen LogP contribution in [0, 0.1) is 6.08 Å². The molecule has 0 saturated carbocycles. The van der Waals surface area contributed by atoms with Gasteiger partial charge in [0.2, 0.25) is 0 Å². The maximum absolute atomic E-state index is 3.17. The lowest BCUT2D eigenvalue weighted by atomic mass is 10.2. The molecule has 0 unspecified atom stereocenters. The maximum Gasteiger partial charge on any atom is -0.00915 e. The van der Waals surface area contributed by atoms with Gasteiger partial charge in [0.15, 0.2) is 0 Å². The second-order valence-corrected chi connectivity index (χ2v) is 2.79. The van der Waals surface area contributed by atoms with E-state index in [2.05, 4.69) is 42.5 Å². The Morgan fingerprint density at radius 2 is 1.58 bits per heavy atom. The van der Waals surface area contributed by atoms with E-state index in [1.54, 1.807) is 0 Å². The zero-order valence-corrected chi connectivity index (χ0v) is 7.37. The first kappa shape index (κ1) is 9.05. The number of rotatable bonds is 0. The number of allylic oxidation sites excluding steroid dienone is 8. The fraction of sp³-hybridized carbons (Fsp3) is 0.333. The summed E-state index contributed by atoms with van der Waals surface area (Å²) < 4.78 is 0. The van der Waals surface area contributed by atoms with Crippen molar-refractivity contribution in [2.24, 2.45) is 0 Å². The molecule has 0 spiro atoms. The van der Waals surface area contributed by atoms with Crippen LogP contribution >= 0.6 is 0 Å². The lowest BCUT2D eigenvalue weighted by molar-refractivity contribution is 0.868. The quantitative estimate of drug-likeness (QED) is 0.506. The van der Waals surface area contributed by atoms with Crippen LogP contribution < -0.4 is 0 Å². The van der Waals surface area contributed by atoms with Gasteiger partial charge in [0.1, 0.15) is 0 Å². The predicted octanol–water partition coefficient (Wildman–Crippen LogP) is 3.59. The van der Waals surface area contributed by atoms with E-state index in [4.69, 9.17) is 0 Å². The topological polar surface area (TPSA) is 0 Å². The molecule has 0 bridgehead atoms. The third-order valence-corrected chi connectivity index (χ3v) is 1.71. The molecule has 0 amide bonds. The summed E-state index contributed by atoms with van der Waals surface area (Å²) >= 11 is 0. The van der Waals surface area contributed by atoms with Gasteiger partial charge in [0.25, 0.3) is 0 Å². The molecular weight excluding hydrogens is 144 g/mol. The average molecular weight is 159 g/mol. The molecule has 0 heteroatoms. The van der Waals surface area contributed by atoms with Crippen LogP contribution in [0.3, 0.4) is 0 Å². The Balaban J connectivity index is 2.42. The largest absolute Gasteiger partial charge is 0.0845 e. The molecule has 0 N–H and O–H groups in total. The Kier molecular flexibility index (Phi) is 5.02. The third kappa shape index (κ3) is 4.73. The lowest BCUT2D eigenvalue weighted by Crippen LogP contribution is -1.69. The molecule has 1 aliphatic rings. The van der Waals surface area contributed by atoms with Crippen molar-refractivity contribution in [3.63, 3.8) is 0 Å². The summed E-state index contributed by atoms with van der Waals surface area (Å²) in [4.78, 5) is 0. The SMILES string of the molecule is [C]1=CC=CCCCC=CC=CC1. The number of hydrogen-bond acceptors (Lipinski definition) is 0.